The molecule has 0 radical (unpaired) electrons. The molecule has 0 aromatic rings. The summed E-state index contributed by atoms with van der Waals surface area (Å²) in [7, 11) is 3.56. The van der Waals surface area contributed by atoms with Crippen LogP contribution in [0.15, 0.2) is 0 Å². The van der Waals surface area contributed by atoms with Crippen molar-refractivity contribution in [1.82, 2.24) is 10.2 Å². The van der Waals surface area contributed by atoms with E-state index >= 15 is 0 Å². The number of rotatable bonds is 6. The molecule has 0 saturated carbocycles. The van der Waals surface area contributed by atoms with Gasteiger partial charge < -0.3 is 14.8 Å². The van der Waals surface area contributed by atoms with E-state index in [0.29, 0.717) is 0 Å². The zero-order valence-corrected chi connectivity index (χ0v) is 11.2. The lowest BCUT2D eigenvalue weighted by atomic mass is 10.0. The molecule has 0 spiro atoms. The molecule has 2 rings (SSSR count). The van der Waals surface area contributed by atoms with Gasteiger partial charge in [-0.2, -0.15) is 0 Å². The maximum atomic E-state index is 5.45. The number of hydrogen-bond acceptors (Lipinski definition) is 4. The van der Waals surface area contributed by atoms with Crippen LogP contribution in [0.1, 0.15) is 19.3 Å². The summed E-state index contributed by atoms with van der Waals surface area (Å²) in [6, 6.07) is 0. The highest BCUT2D eigenvalue weighted by Gasteiger charge is 2.32. The highest BCUT2D eigenvalue weighted by molar-refractivity contribution is 4.85. The molecular formula is C13H26N2O2. The zero-order valence-electron chi connectivity index (χ0n) is 11.2. The highest BCUT2D eigenvalue weighted by atomic mass is 16.5. The third kappa shape index (κ3) is 3.65. The highest BCUT2D eigenvalue weighted by Crippen LogP contribution is 2.18. The van der Waals surface area contributed by atoms with Crippen molar-refractivity contribution in [1.29, 1.82) is 0 Å². The molecule has 1 N–H and O–H groups in total. The number of nitrogens with zero attached hydrogens (tertiary/aromatic N) is 1. The van der Waals surface area contributed by atoms with Crippen molar-refractivity contribution in [2.24, 2.45) is 5.92 Å². The topological polar surface area (TPSA) is 33.7 Å². The van der Waals surface area contributed by atoms with Crippen molar-refractivity contribution in [3.63, 3.8) is 0 Å². The molecule has 2 heterocycles. The van der Waals surface area contributed by atoms with E-state index in [-0.39, 0.29) is 12.2 Å². The van der Waals surface area contributed by atoms with Crippen molar-refractivity contribution in [2.75, 3.05) is 46.9 Å². The first-order chi connectivity index (χ1) is 8.33. The molecule has 0 aromatic heterocycles. The fraction of sp³-hybridized carbons (Fsp3) is 1.00. The van der Waals surface area contributed by atoms with E-state index in [9.17, 15) is 0 Å². The van der Waals surface area contributed by atoms with E-state index in [2.05, 4.69) is 10.2 Å². The summed E-state index contributed by atoms with van der Waals surface area (Å²) in [4.78, 5) is 2.48. The number of nitrogens with one attached hydrogen (secondary N) is 1. The van der Waals surface area contributed by atoms with E-state index in [0.717, 1.165) is 19.0 Å². The van der Waals surface area contributed by atoms with Gasteiger partial charge >= 0.3 is 0 Å². The van der Waals surface area contributed by atoms with Gasteiger partial charge in [0.25, 0.3) is 0 Å². The van der Waals surface area contributed by atoms with Crippen LogP contribution in [-0.2, 0) is 9.47 Å². The minimum Gasteiger partial charge on any atom is -0.377 e. The molecule has 2 fully saturated rings. The van der Waals surface area contributed by atoms with Gasteiger partial charge in [-0.05, 0) is 44.8 Å². The van der Waals surface area contributed by atoms with Gasteiger partial charge in [0.15, 0.2) is 0 Å². The molecule has 3 unspecified atom stereocenters. The molecule has 0 amide bonds. The molecule has 4 heteroatoms. The summed E-state index contributed by atoms with van der Waals surface area (Å²) in [5.74, 6) is 0.911. The summed E-state index contributed by atoms with van der Waals surface area (Å²) < 4.78 is 10.9. The molecule has 2 saturated heterocycles. The maximum Gasteiger partial charge on any atom is 0.0971 e. The third-order valence-corrected chi connectivity index (χ3v) is 4.15. The van der Waals surface area contributed by atoms with E-state index in [1.165, 1.54) is 38.9 Å². The van der Waals surface area contributed by atoms with Gasteiger partial charge in [-0.15, -0.1) is 0 Å². The largest absolute Gasteiger partial charge is 0.377 e. The molecule has 2 aliphatic rings. The maximum absolute atomic E-state index is 5.45. The lowest BCUT2D eigenvalue weighted by Crippen LogP contribution is -2.27. The standard InChI is InChI=1S/C13H26N2O2/c1-16-12-9-15(10-13(12)17-2)7-3-4-11-5-6-14-8-11/h11-14H,3-10H2,1-2H3. The average molecular weight is 242 g/mol. The predicted molar refractivity (Wildman–Crippen MR) is 68.2 cm³/mol. The summed E-state index contributed by atoms with van der Waals surface area (Å²) in [6.45, 7) is 5.68. The first kappa shape index (κ1) is 13.3. The quantitative estimate of drug-likeness (QED) is 0.744. The molecule has 0 bridgehead atoms. The first-order valence-electron chi connectivity index (χ1n) is 6.82. The Balaban J connectivity index is 1.63. The third-order valence-electron chi connectivity index (χ3n) is 4.15. The number of ether oxygens (including phenoxy) is 2. The summed E-state index contributed by atoms with van der Waals surface area (Å²) in [5, 5.41) is 3.43. The number of likely N-dealkylation sites (tertiary alicyclic amines) is 1. The lowest BCUT2D eigenvalue weighted by Gasteiger charge is -2.16. The van der Waals surface area contributed by atoms with Gasteiger partial charge in [0.2, 0.25) is 0 Å². The van der Waals surface area contributed by atoms with E-state index in [1.54, 1.807) is 14.2 Å². The zero-order chi connectivity index (χ0) is 12.1. The Hall–Kier alpha value is -0.160. The molecule has 0 aromatic carbocycles. The fourth-order valence-electron chi connectivity index (χ4n) is 3.02. The Morgan fingerprint density at radius 3 is 2.41 bits per heavy atom. The van der Waals surface area contributed by atoms with E-state index < -0.39 is 0 Å². The minimum absolute atomic E-state index is 0.258. The Kier molecular flexibility index (Phi) is 5.22. The van der Waals surface area contributed by atoms with Gasteiger partial charge in [0.1, 0.15) is 0 Å². The summed E-state index contributed by atoms with van der Waals surface area (Å²) in [5.41, 5.74) is 0. The molecule has 17 heavy (non-hydrogen) atoms. The Morgan fingerprint density at radius 1 is 1.18 bits per heavy atom. The molecule has 4 nitrogen and oxygen atoms in total. The van der Waals surface area contributed by atoms with Crippen LogP contribution in [0.4, 0.5) is 0 Å². The average Bonchev–Trinajstić information content (AvgIpc) is 2.97. The Labute approximate surface area is 105 Å². The van der Waals surface area contributed by atoms with Gasteiger partial charge in [-0.1, -0.05) is 0 Å². The molecule has 0 aliphatic carbocycles. The van der Waals surface area contributed by atoms with Gasteiger partial charge in [-0.25, -0.2) is 0 Å². The van der Waals surface area contributed by atoms with Crippen LogP contribution in [0.3, 0.4) is 0 Å². The second kappa shape index (κ2) is 6.69. The molecular weight excluding hydrogens is 216 g/mol. The number of methoxy groups -OCH3 is 2. The van der Waals surface area contributed by atoms with Crippen LogP contribution in [0, 0.1) is 5.92 Å². The van der Waals surface area contributed by atoms with Crippen LogP contribution in [-0.4, -0.2) is 64.1 Å². The van der Waals surface area contributed by atoms with Crippen LogP contribution in [0.5, 0.6) is 0 Å². The van der Waals surface area contributed by atoms with Crippen LogP contribution < -0.4 is 5.32 Å². The minimum atomic E-state index is 0.258. The normalized spacial score (nSPS) is 34.6. The van der Waals surface area contributed by atoms with Crippen molar-refractivity contribution < 1.29 is 9.47 Å². The SMILES string of the molecule is COC1CN(CCCC2CCNC2)CC1OC. The second-order valence-corrected chi connectivity index (χ2v) is 5.31. The van der Waals surface area contributed by atoms with Gasteiger partial charge in [-0.3, -0.25) is 4.90 Å². The molecule has 100 valence electrons. The van der Waals surface area contributed by atoms with Crippen molar-refractivity contribution in [3.05, 3.63) is 0 Å². The van der Waals surface area contributed by atoms with Crippen LogP contribution in [0.2, 0.25) is 0 Å². The first-order valence-corrected chi connectivity index (χ1v) is 6.82. The molecule has 2 aliphatic heterocycles. The van der Waals surface area contributed by atoms with Gasteiger partial charge in [0, 0.05) is 27.3 Å². The fourth-order valence-corrected chi connectivity index (χ4v) is 3.02. The van der Waals surface area contributed by atoms with Crippen molar-refractivity contribution >= 4 is 0 Å². The summed E-state index contributed by atoms with van der Waals surface area (Å²) in [6.07, 6.45) is 4.54. The Morgan fingerprint density at radius 2 is 1.88 bits per heavy atom. The van der Waals surface area contributed by atoms with Crippen LogP contribution in [0.25, 0.3) is 0 Å². The Bertz CT molecular complexity index is 207. The van der Waals surface area contributed by atoms with Crippen molar-refractivity contribution in [3.8, 4) is 0 Å². The second-order valence-electron chi connectivity index (χ2n) is 5.31. The van der Waals surface area contributed by atoms with Gasteiger partial charge in [0.05, 0.1) is 12.2 Å². The molecule has 3 atom stereocenters. The van der Waals surface area contributed by atoms with Crippen LogP contribution >= 0.6 is 0 Å². The monoisotopic (exact) mass is 242 g/mol. The predicted octanol–water partition coefficient (Wildman–Crippen LogP) is 0.722. The summed E-state index contributed by atoms with van der Waals surface area (Å²) >= 11 is 0. The lowest BCUT2D eigenvalue weighted by molar-refractivity contribution is -0.00461. The smallest absolute Gasteiger partial charge is 0.0971 e. The van der Waals surface area contributed by atoms with E-state index in [4.69, 9.17) is 9.47 Å². The van der Waals surface area contributed by atoms with Crippen molar-refractivity contribution in [2.45, 2.75) is 31.5 Å². The number of hydrogen-bond donors (Lipinski definition) is 1. The van der Waals surface area contributed by atoms with E-state index in [1.807, 2.05) is 0 Å².